The van der Waals surface area contributed by atoms with Crippen LogP contribution in [0.4, 0.5) is 4.39 Å². The first-order valence-corrected chi connectivity index (χ1v) is 7.15. The second-order valence-electron chi connectivity index (χ2n) is 4.92. The summed E-state index contributed by atoms with van der Waals surface area (Å²) < 4.78 is 13.1. The van der Waals surface area contributed by atoms with Gasteiger partial charge in [0.05, 0.1) is 5.02 Å². The van der Waals surface area contributed by atoms with E-state index in [1.807, 2.05) is 0 Å². The van der Waals surface area contributed by atoms with Crippen LogP contribution in [0.2, 0.25) is 5.02 Å². The van der Waals surface area contributed by atoms with E-state index < -0.39 is 5.82 Å². The third kappa shape index (κ3) is 4.03. The van der Waals surface area contributed by atoms with Gasteiger partial charge in [0.15, 0.2) is 0 Å². The molecule has 0 bridgehead atoms. The van der Waals surface area contributed by atoms with Crippen molar-refractivity contribution in [2.45, 2.75) is 31.7 Å². The molecule has 2 rings (SSSR count). The predicted molar refractivity (Wildman–Crippen MR) is 77.8 cm³/mol. The van der Waals surface area contributed by atoms with Crippen LogP contribution in [0.1, 0.15) is 37.3 Å². The molecule has 0 amide bonds. The quantitative estimate of drug-likeness (QED) is 0.783. The number of allylic oxidation sites excluding steroid dienone is 1. The molecule has 1 aromatic carbocycles. The minimum absolute atomic E-state index is 0.0279. The Bertz CT molecular complexity index is 459. The first kappa shape index (κ1) is 14.5. The Morgan fingerprint density at radius 3 is 2.89 bits per heavy atom. The van der Waals surface area contributed by atoms with Crippen molar-refractivity contribution in [1.29, 1.82) is 0 Å². The lowest BCUT2D eigenvalue weighted by atomic mass is 10.1. The molecule has 0 radical (unpaired) electrons. The van der Waals surface area contributed by atoms with Crippen LogP contribution >= 0.6 is 11.6 Å². The number of halogens is 2. The summed E-state index contributed by atoms with van der Waals surface area (Å²) in [4.78, 5) is 0. The summed E-state index contributed by atoms with van der Waals surface area (Å²) in [5.74, 6) is -0.391. The maximum absolute atomic E-state index is 13.1. The molecule has 4 heteroatoms. The van der Waals surface area contributed by atoms with Crippen LogP contribution in [0.15, 0.2) is 29.8 Å². The van der Waals surface area contributed by atoms with Gasteiger partial charge in [0.2, 0.25) is 0 Å². The van der Waals surface area contributed by atoms with Gasteiger partial charge in [-0.25, -0.2) is 4.39 Å². The lowest BCUT2D eigenvalue weighted by molar-refractivity contribution is 0.540. The van der Waals surface area contributed by atoms with Crippen molar-refractivity contribution in [1.82, 2.24) is 5.32 Å². The highest BCUT2D eigenvalue weighted by Gasteiger charge is 2.12. The van der Waals surface area contributed by atoms with Crippen molar-refractivity contribution in [3.63, 3.8) is 0 Å². The monoisotopic (exact) mass is 282 g/mol. The maximum atomic E-state index is 13.1. The van der Waals surface area contributed by atoms with E-state index in [1.165, 1.54) is 30.9 Å². The summed E-state index contributed by atoms with van der Waals surface area (Å²) in [5, 5.41) is 3.56. The summed E-state index contributed by atoms with van der Waals surface area (Å²) in [5.41, 5.74) is 8.24. The molecular weight excluding hydrogens is 263 g/mol. The predicted octanol–water partition coefficient (Wildman–Crippen LogP) is 3.57. The highest BCUT2D eigenvalue weighted by molar-refractivity contribution is 6.30. The molecule has 0 saturated heterocycles. The normalized spacial score (nSPS) is 16.5. The molecule has 0 saturated carbocycles. The fourth-order valence-electron chi connectivity index (χ4n) is 2.44. The minimum Gasteiger partial charge on any atom is -0.329 e. The fraction of sp³-hybridized carbons (Fsp3) is 0.467. The Labute approximate surface area is 118 Å². The van der Waals surface area contributed by atoms with E-state index in [2.05, 4.69) is 11.4 Å². The molecule has 0 fully saturated rings. The molecule has 0 spiro atoms. The van der Waals surface area contributed by atoms with Gasteiger partial charge < -0.3 is 11.1 Å². The summed E-state index contributed by atoms with van der Waals surface area (Å²) in [6, 6.07) is 4.80. The van der Waals surface area contributed by atoms with Crippen LogP contribution in [0, 0.1) is 5.82 Å². The van der Waals surface area contributed by atoms with Crippen molar-refractivity contribution >= 4 is 11.6 Å². The standard InChI is InChI=1S/C15H20ClFN2/c16-13-9-12(5-6-14(13)17)15(10-18)19-8-7-11-3-1-2-4-11/h3,5-6,9,15,19H,1-2,4,7-8,10,18H2. The average Bonchev–Trinajstić information content (AvgIpc) is 2.91. The van der Waals surface area contributed by atoms with Gasteiger partial charge in [-0.05, 0) is 49.9 Å². The Morgan fingerprint density at radius 1 is 1.42 bits per heavy atom. The number of hydrogen-bond acceptors (Lipinski definition) is 2. The van der Waals surface area contributed by atoms with E-state index in [0.29, 0.717) is 6.54 Å². The Kier molecular flexibility index (Phi) is 5.37. The summed E-state index contributed by atoms with van der Waals surface area (Å²) in [7, 11) is 0. The number of benzene rings is 1. The molecule has 2 nitrogen and oxygen atoms in total. The third-order valence-electron chi connectivity index (χ3n) is 3.55. The van der Waals surface area contributed by atoms with E-state index in [-0.39, 0.29) is 11.1 Å². The molecule has 0 heterocycles. The van der Waals surface area contributed by atoms with E-state index >= 15 is 0 Å². The van der Waals surface area contributed by atoms with Gasteiger partial charge in [-0.2, -0.15) is 0 Å². The van der Waals surface area contributed by atoms with Crippen molar-refractivity contribution in [2.75, 3.05) is 13.1 Å². The number of nitrogens with two attached hydrogens (primary N) is 1. The zero-order valence-corrected chi connectivity index (χ0v) is 11.7. The number of hydrogen-bond donors (Lipinski definition) is 2. The number of rotatable bonds is 6. The molecule has 1 unspecified atom stereocenters. The largest absolute Gasteiger partial charge is 0.329 e. The van der Waals surface area contributed by atoms with Crippen LogP contribution in [0.3, 0.4) is 0 Å². The minimum atomic E-state index is -0.391. The Morgan fingerprint density at radius 2 is 2.26 bits per heavy atom. The van der Waals surface area contributed by atoms with Gasteiger partial charge in [0.25, 0.3) is 0 Å². The smallest absolute Gasteiger partial charge is 0.141 e. The van der Waals surface area contributed by atoms with Gasteiger partial charge in [0.1, 0.15) is 5.82 Å². The van der Waals surface area contributed by atoms with E-state index in [0.717, 1.165) is 18.5 Å². The van der Waals surface area contributed by atoms with Crippen molar-refractivity contribution < 1.29 is 4.39 Å². The van der Waals surface area contributed by atoms with Crippen molar-refractivity contribution in [3.05, 3.63) is 46.3 Å². The second-order valence-corrected chi connectivity index (χ2v) is 5.33. The summed E-state index contributed by atoms with van der Waals surface area (Å²) >= 11 is 5.80. The topological polar surface area (TPSA) is 38.0 Å². The molecule has 1 aliphatic rings. The van der Waals surface area contributed by atoms with Crippen molar-refractivity contribution in [2.24, 2.45) is 5.73 Å². The van der Waals surface area contributed by atoms with E-state index in [1.54, 1.807) is 12.1 Å². The summed E-state index contributed by atoms with van der Waals surface area (Å²) in [6.45, 7) is 1.36. The fourth-order valence-corrected chi connectivity index (χ4v) is 2.63. The molecule has 0 aliphatic heterocycles. The van der Waals surface area contributed by atoms with E-state index in [9.17, 15) is 4.39 Å². The average molecular weight is 283 g/mol. The second kappa shape index (κ2) is 7.04. The van der Waals surface area contributed by atoms with Crippen LogP contribution in [-0.4, -0.2) is 13.1 Å². The highest BCUT2D eigenvalue weighted by atomic mass is 35.5. The maximum Gasteiger partial charge on any atom is 0.141 e. The Balaban J connectivity index is 1.89. The van der Waals surface area contributed by atoms with Crippen LogP contribution in [0.5, 0.6) is 0 Å². The SMILES string of the molecule is NCC(NCCC1=CCCC1)c1ccc(F)c(Cl)c1. The first-order valence-electron chi connectivity index (χ1n) is 6.77. The zero-order valence-electron chi connectivity index (χ0n) is 11.0. The lowest BCUT2D eigenvalue weighted by Crippen LogP contribution is -2.29. The molecule has 1 aromatic rings. The zero-order chi connectivity index (χ0) is 13.7. The molecule has 104 valence electrons. The molecular formula is C15H20ClFN2. The van der Waals surface area contributed by atoms with Crippen LogP contribution in [-0.2, 0) is 0 Å². The molecule has 3 N–H and O–H groups in total. The summed E-state index contributed by atoms with van der Waals surface area (Å²) in [6.07, 6.45) is 7.10. The van der Waals surface area contributed by atoms with Gasteiger partial charge in [-0.3, -0.25) is 0 Å². The van der Waals surface area contributed by atoms with E-state index in [4.69, 9.17) is 17.3 Å². The van der Waals surface area contributed by atoms with Gasteiger partial charge in [-0.15, -0.1) is 0 Å². The molecule has 0 aromatic heterocycles. The van der Waals surface area contributed by atoms with Crippen LogP contribution < -0.4 is 11.1 Å². The highest BCUT2D eigenvalue weighted by Crippen LogP contribution is 2.22. The van der Waals surface area contributed by atoms with Gasteiger partial charge in [0, 0.05) is 12.6 Å². The molecule has 1 aliphatic carbocycles. The first-order chi connectivity index (χ1) is 9.20. The van der Waals surface area contributed by atoms with Crippen LogP contribution in [0.25, 0.3) is 0 Å². The molecule has 1 atom stereocenters. The van der Waals surface area contributed by atoms with Gasteiger partial charge in [-0.1, -0.05) is 29.3 Å². The Hall–Kier alpha value is -0.900. The van der Waals surface area contributed by atoms with Gasteiger partial charge >= 0.3 is 0 Å². The third-order valence-corrected chi connectivity index (χ3v) is 3.84. The van der Waals surface area contributed by atoms with Crippen molar-refractivity contribution in [3.8, 4) is 0 Å². The number of nitrogens with one attached hydrogen (secondary N) is 1. The molecule has 19 heavy (non-hydrogen) atoms. The lowest BCUT2D eigenvalue weighted by Gasteiger charge is -2.18.